The fourth-order valence-corrected chi connectivity index (χ4v) is 3.15. The summed E-state index contributed by atoms with van der Waals surface area (Å²) in [6.45, 7) is 12.0. The second kappa shape index (κ2) is 2.80. The van der Waals surface area contributed by atoms with Crippen molar-refractivity contribution in [3.63, 3.8) is 0 Å². The summed E-state index contributed by atoms with van der Waals surface area (Å²) in [5.41, 5.74) is 0.523. The maximum atomic E-state index is 2.42. The van der Waals surface area contributed by atoms with E-state index in [2.05, 4.69) is 34.6 Å². The Kier molecular flexibility index (Phi) is 2.32. The lowest BCUT2D eigenvalue weighted by Gasteiger charge is -2.33. The molecule has 2 atom stereocenters. The molecule has 0 spiro atoms. The van der Waals surface area contributed by atoms with Crippen molar-refractivity contribution < 1.29 is 0 Å². The van der Waals surface area contributed by atoms with Crippen molar-refractivity contribution in [3.8, 4) is 0 Å². The SMILES string of the molecule is CC1CCC(C)C1C(C)(C)C. The molecule has 1 rings (SSSR count). The minimum absolute atomic E-state index is 0.523. The van der Waals surface area contributed by atoms with Gasteiger partial charge in [0.15, 0.2) is 0 Å². The van der Waals surface area contributed by atoms with Gasteiger partial charge in [0.25, 0.3) is 0 Å². The van der Waals surface area contributed by atoms with Crippen molar-refractivity contribution >= 4 is 0 Å². The summed E-state index contributed by atoms with van der Waals surface area (Å²) in [5.74, 6) is 2.84. The van der Waals surface area contributed by atoms with Crippen molar-refractivity contribution in [2.75, 3.05) is 0 Å². The second-order valence-electron chi connectivity index (χ2n) is 5.42. The van der Waals surface area contributed by atoms with E-state index >= 15 is 0 Å². The molecule has 0 radical (unpaired) electrons. The van der Waals surface area contributed by atoms with E-state index < -0.39 is 0 Å². The van der Waals surface area contributed by atoms with Gasteiger partial charge in [-0.05, 0) is 23.2 Å². The van der Waals surface area contributed by atoms with Gasteiger partial charge in [-0.15, -0.1) is 0 Å². The fraction of sp³-hybridized carbons (Fsp3) is 1.00. The first-order valence-corrected chi connectivity index (χ1v) is 4.93. The van der Waals surface area contributed by atoms with Crippen molar-refractivity contribution in [1.29, 1.82) is 0 Å². The molecule has 1 aliphatic carbocycles. The molecule has 0 aromatic carbocycles. The van der Waals surface area contributed by atoms with Crippen LogP contribution in [0.25, 0.3) is 0 Å². The van der Waals surface area contributed by atoms with Crippen molar-refractivity contribution in [3.05, 3.63) is 0 Å². The lowest BCUT2D eigenvalue weighted by molar-refractivity contribution is 0.154. The molecule has 1 fully saturated rings. The van der Waals surface area contributed by atoms with Crippen molar-refractivity contribution in [2.24, 2.45) is 23.2 Å². The quantitative estimate of drug-likeness (QED) is 0.499. The van der Waals surface area contributed by atoms with Gasteiger partial charge in [-0.2, -0.15) is 0 Å². The Morgan fingerprint density at radius 2 is 1.27 bits per heavy atom. The van der Waals surface area contributed by atoms with Crippen LogP contribution in [0, 0.1) is 23.2 Å². The zero-order valence-electron chi connectivity index (χ0n) is 8.65. The van der Waals surface area contributed by atoms with E-state index in [4.69, 9.17) is 0 Å². The first kappa shape index (κ1) is 9.09. The summed E-state index contributed by atoms with van der Waals surface area (Å²) in [4.78, 5) is 0. The van der Waals surface area contributed by atoms with Crippen LogP contribution in [-0.4, -0.2) is 0 Å². The van der Waals surface area contributed by atoms with E-state index in [1.54, 1.807) is 0 Å². The maximum Gasteiger partial charge on any atom is -0.0314 e. The molecule has 0 heterocycles. The Morgan fingerprint density at radius 1 is 0.909 bits per heavy atom. The minimum atomic E-state index is 0.523. The average molecular weight is 154 g/mol. The van der Waals surface area contributed by atoms with Crippen LogP contribution in [0.1, 0.15) is 47.5 Å². The summed E-state index contributed by atoms with van der Waals surface area (Å²) in [6, 6.07) is 0. The zero-order valence-corrected chi connectivity index (χ0v) is 8.65. The van der Waals surface area contributed by atoms with Gasteiger partial charge >= 0.3 is 0 Å². The van der Waals surface area contributed by atoms with E-state index in [9.17, 15) is 0 Å². The third kappa shape index (κ3) is 1.77. The van der Waals surface area contributed by atoms with Crippen LogP contribution in [0.3, 0.4) is 0 Å². The smallest absolute Gasteiger partial charge is 0.0314 e. The highest BCUT2D eigenvalue weighted by molar-refractivity contribution is 4.87. The summed E-state index contributed by atoms with van der Waals surface area (Å²) in [7, 11) is 0. The molecular weight excluding hydrogens is 132 g/mol. The number of hydrogen-bond acceptors (Lipinski definition) is 0. The molecule has 66 valence electrons. The molecule has 0 aromatic heterocycles. The van der Waals surface area contributed by atoms with E-state index in [1.165, 1.54) is 12.8 Å². The van der Waals surface area contributed by atoms with Crippen molar-refractivity contribution in [2.45, 2.75) is 47.5 Å². The predicted octanol–water partition coefficient (Wildman–Crippen LogP) is 3.71. The van der Waals surface area contributed by atoms with Crippen LogP contribution in [0.4, 0.5) is 0 Å². The number of rotatable bonds is 0. The lowest BCUT2D eigenvalue weighted by Crippen LogP contribution is -2.26. The van der Waals surface area contributed by atoms with E-state index in [-0.39, 0.29) is 0 Å². The van der Waals surface area contributed by atoms with E-state index in [1.807, 2.05) is 0 Å². The summed E-state index contributed by atoms with van der Waals surface area (Å²) in [6.07, 6.45) is 2.90. The van der Waals surface area contributed by atoms with Crippen LogP contribution < -0.4 is 0 Å². The van der Waals surface area contributed by atoms with E-state index in [0.29, 0.717) is 5.41 Å². The highest BCUT2D eigenvalue weighted by Gasteiger charge is 2.38. The standard InChI is InChI=1S/C11H22/c1-8-6-7-9(2)10(8)11(3,4)5/h8-10H,6-7H2,1-5H3. The van der Waals surface area contributed by atoms with Gasteiger partial charge in [-0.1, -0.05) is 47.5 Å². The summed E-state index contributed by atoms with van der Waals surface area (Å²) in [5, 5.41) is 0. The molecule has 0 aromatic rings. The number of hydrogen-bond donors (Lipinski definition) is 0. The average Bonchev–Trinajstić information content (AvgIpc) is 2.08. The normalized spacial score (nSPS) is 39.5. The molecule has 0 N–H and O–H groups in total. The maximum absolute atomic E-state index is 2.42. The molecule has 0 aliphatic heterocycles. The molecule has 0 bridgehead atoms. The third-order valence-corrected chi connectivity index (χ3v) is 3.30. The summed E-state index contributed by atoms with van der Waals surface area (Å²) >= 11 is 0. The first-order valence-electron chi connectivity index (χ1n) is 4.93. The van der Waals surface area contributed by atoms with Gasteiger partial charge < -0.3 is 0 Å². The van der Waals surface area contributed by atoms with Crippen molar-refractivity contribution in [1.82, 2.24) is 0 Å². The fourth-order valence-electron chi connectivity index (χ4n) is 3.15. The molecule has 1 saturated carbocycles. The van der Waals surface area contributed by atoms with Crippen LogP contribution in [0.2, 0.25) is 0 Å². The predicted molar refractivity (Wildman–Crippen MR) is 50.5 cm³/mol. The lowest BCUT2D eigenvalue weighted by atomic mass is 9.72. The second-order valence-corrected chi connectivity index (χ2v) is 5.42. The molecule has 0 saturated heterocycles. The van der Waals surface area contributed by atoms with Gasteiger partial charge in [-0.3, -0.25) is 0 Å². The summed E-state index contributed by atoms with van der Waals surface area (Å²) < 4.78 is 0. The largest absolute Gasteiger partial charge is 0.0622 e. The third-order valence-electron chi connectivity index (χ3n) is 3.30. The highest BCUT2D eigenvalue weighted by Crippen LogP contribution is 2.46. The van der Waals surface area contributed by atoms with Crippen LogP contribution in [-0.2, 0) is 0 Å². The van der Waals surface area contributed by atoms with Crippen LogP contribution in [0.15, 0.2) is 0 Å². The Labute approximate surface area is 71.4 Å². The molecule has 0 amide bonds. The van der Waals surface area contributed by atoms with Crippen LogP contribution in [0.5, 0.6) is 0 Å². The molecule has 11 heavy (non-hydrogen) atoms. The Hall–Kier alpha value is 0. The molecular formula is C11H22. The monoisotopic (exact) mass is 154 g/mol. The molecule has 1 aliphatic rings. The van der Waals surface area contributed by atoms with E-state index in [0.717, 1.165) is 17.8 Å². The molecule has 0 nitrogen and oxygen atoms in total. The van der Waals surface area contributed by atoms with Gasteiger partial charge in [0.2, 0.25) is 0 Å². The Bertz CT molecular complexity index is 119. The minimum Gasteiger partial charge on any atom is -0.0622 e. The van der Waals surface area contributed by atoms with Crippen LogP contribution >= 0.6 is 0 Å². The first-order chi connectivity index (χ1) is 4.93. The molecule has 2 unspecified atom stereocenters. The van der Waals surface area contributed by atoms with Gasteiger partial charge in [0.05, 0.1) is 0 Å². The van der Waals surface area contributed by atoms with Gasteiger partial charge in [0.1, 0.15) is 0 Å². The van der Waals surface area contributed by atoms with Gasteiger partial charge in [0, 0.05) is 0 Å². The van der Waals surface area contributed by atoms with Gasteiger partial charge in [-0.25, -0.2) is 0 Å². The topological polar surface area (TPSA) is 0 Å². The Morgan fingerprint density at radius 3 is 1.45 bits per heavy atom. The molecule has 0 heteroatoms. The zero-order chi connectivity index (χ0) is 8.65. The Balaban J connectivity index is 2.69. The highest BCUT2D eigenvalue weighted by atomic mass is 14.4.